The molecule has 252 valence electrons. The number of carbonyl (C=O) groups excluding carboxylic acids is 1. The zero-order valence-electron chi connectivity index (χ0n) is 25.7. The molecule has 48 heavy (non-hydrogen) atoms. The molecule has 4 aromatic rings. The molecule has 2 aromatic carbocycles. The van der Waals surface area contributed by atoms with Crippen molar-refractivity contribution in [2.75, 3.05) is 50.2 Å². The van der Waals surface area contributed by atoms with Crippen LogP contribution in [0.15, 0.2) is 54.9 Å². The Balaban J connectivity index is 1.06. The van der Waals surface area contributed by atoms with Crippen molar-refractivity contribution in [3.8, 4) is 11.1 Å². The van der Waals surface area contributed by atoms with E-state index in [1.165, 1.54) is 16.7 Å². The van der Waals surface area contributed by atoms with Gasteiger partial charge in [-0.05, 0) is 54.6 Å². The molecule has 7 rings (SSSR count). The summed E-state index contributed by atoms with van der Waals surface area (Å²) in [5.74, 6) is -2.70. The Morgan fingerprint density at radius 3 is 2.44 bits per heavy atom. The Labute approximate surface area is 275 Å². The van der Waals surface area contributed by atoms with E-state index in [0.29, 0.717) is 45.9 Å². The van der Waals surface area contributed by atoms with Crippen molar-refractivity contribution in [2.24, 2.45) is 5.92 Å². The van der Waals surface area contributed by atoms with Crippen LogP contribution in [0.4, 0.5) is 23.7 Å². The first-order valence-corrected chi connectivity index (χ1v) is 16.8. The van der Waals surface area contributed by atoms with Crippen LogP contribution in [0, 0.1) is 17.6 Å². The molecule has 0 radical (unpaired) electrons. The molecular weight excluding hydrogens is 649 g/mol. The van der Waals surface area contributed by atoms with Gasteiger partial charge in [0.05, 0.1) is 12.1 Å². The number of carbonyl (C=O) groups is 2. The summed E-state index contributed by atoms with van der Waals surface area (Å²) in [6, 6.07) is 11.5. The molecule has 3 fully saturated rings. The van der Waals surface area contributed by atoms with Crippen molar-refractivity contribution >= 4 is 39.5 Å². The number of likely N-dealkylation sites (tertiary alicyclic amines) is 2. The summed E-state index contributed by atoms with van der Waals surface area (Å²) < 4.78 is 69.5. The van der Waals surface area contributed by atoms with Gasteiger partial charge in [-0.15, -0.1) is 0 Å². The number of hydrogen-bond donors (Lipinski definition) is 3. The highest BCUT2D eigenvalue weighted by atomic mass is 32.2. The minimum atomic E-state index is -3.46. The number of rotatable bonds is 10. The van der Waals surface area contributed by atoms with E-state index in [1.54, 1.807) is 12.3 Å². The normalized spacial score (nSPS) is 19.2. The average molecular weight is 683 g/mol. The van der Waals surface area contributed by atoms with Crippen LogP contribution in [-0.2, 0) is 10.9 Å². The maximum absolute atomic E-state index is 15.8. The lowest BCUT2D eigenvalue weighted by molar-refractivity contribution is 0.0637. The van der Waals surface area contributed by atoms with Crippen LogP contribution in [0.3, 0.4) is 0 Å². The first-order chi connectivity index (χ1) is 23.1. The maximum Gasteiger partial charge on any atom is 0.407 e. The van der Waals surface area contributed by atoms with Gasteiger partial charge < -0.3 is 19.9 Å². The van der Waals surface area contributed by atoms with Crippen molar-refractivity contribution in [1.82, 2.24) is 24.8 Å². The summed E-state index contributed by atoms with van der Waals surface area (Å²) in [5, 5.41) is 10.4. The third-order valence-corrected chi connectivity index (χ3v) is 10.4. The molecule has 3 aliphatic heterocycles. The van der Waals surface area contributed by atoms with Gasteiger partial charge >= 0.3 is 6.09 Å². The molecule has 2 N–H and O–H groups in total. The molecule has 15 heteroatoms. The van der Waals surface area contributed by atoms with Gasteiger partial charge in [0, 0.05) is 67.5 Å². The van der Waals surface area contributed by atoms with Crippen LogP contribution in [0.2, 0.25) is 0 Å². The minimum absolute atomic E-state index is 0.0125. The number of amides is 1. The van der Waals surface area contributed by atoms with Crippen molar-refractivity contribution in [1.29, 1.82) is 0 Å². The fraction of sp³-hybridized carbons (Fsp3) is 0.364. The molecule has 0 spiro atoms. The molecule has 11 nitrogen and oxygen atoms in total. The standard InChI is InChI=1S/C33H33F3N6O5S/c34-24-8-10-41(18-24)42(48(46)47)28-6-5-27(35)29(30(28)36)31(43)26-13-38-32-25(26)11-22(12-37-32)20-1-3-21(4-2-20)23-16-39(17-23)9-7-19-14-40(15-19)33(44)45/h1-6,11-13,19,23-24,48H,7-10,14-18H2,(H,37,38)(H,44,45)/t24-/m1/s1. The molecule has 1 amide bonds. The van der Waals surface area contributed by atoms with E-state index in [1.807, 2.05) is 12.1 Å². The third-order valence-electron chi connectivity index (χ3n) is 9.57. The Bertz CT molecular complexity index is 1950. The number of carboxylic acid groups (broad SMARTS) is 1. The van der Waals surface area contributed by atoms with Crippen molar-refractivity contribution < 1.29 is 36.3 Å². The maximum atomic E-state index is 15.8. The molecule has 2 aromatic heterocycles. The fourth-order valence-corrected chi connectivity index (χ4v) is 7.49. The number of alkyl halides is 1. The number of nitrogens with one attached hydrogen (secondary N) is 1. The molecule has 1 atom stereocenters. The molecule has 3 saturated heterocycles. The highest BCUT2D eigenvalue weighted by Gasteiger charge is 2.34. The van der Waals surface area contributed by atoms with E-state index in [4.69, 9.17) is 5.11 Å². The van der Waals surface area contributed by atoms with Crippen LogP contribution in [0.1, 0.15) is 40.2 Å². The Morgan fingerprint density at radius 1 is 1.02 bits per heavy atom. The number of hydrogen-bond acceptors (Lipinski definition) is 7. The topological polar surface area (TPSA) is 130 Å². The summed E-state index contributed by atoms with van der Waals surface area (Å²) >= 11 is 0. The zero-order chi connectivity index (χ0) is 33.7. The van der Waals surface area contributed by atoms with Crippen LogP contribution in [0.25, 0.3) is 22.2 Å². The van der Waals surface area contributed by atoms with Gasteiger partial charge in [-0.2, -0.15) is 4.41 Å². The van der Waals surface area contributed by atoms with E-state index in [2.05, 4.69) is 27.0 Å². The number of thiol groups is 1. The largest absolute Gasteiger partial charge is 0.465 e. The molecule has 5 heterocycles. The van der Waals surface area contributed by atoms with Crippen LogP contribution in [-0.4, -0.2) is 102 Å². The van der Waals surface area contributed by atoms with Crippen LogP contribution < -0.4 is 4.41 Å². The van der Waals surface area contributed by atoms with Crippen LogP contribution in [0.5, 0.6) is 0 Å². The Kier molecular flexibility index (Phi) is 8.60. The smallest absolute Gasteiger partial charge is 0.407 e. The number of hydrazine groups is 1. The number of aromatic nitrogens is 2. The number of benzene rings is 2. The van der Waals surface area contributed by atoms with Gasteiger partial charge in [0.1, 0.15) is 23.3 Å². The lowest BCUT2D eigenvalue weighted by Crippen LogP contribution is -2.51. The summed E-state index contributed by atoms with van der Waals surface area (Å²) in [4.78, 5) is 35.7. The molecule has 0 bridgehead atoms. The molecule has 3 aliphatic rings. The monoisotopic (exact) mass is 682 g/mol. The van der Waals surface area contributed by atoms with Gasteiger partial charge in [-0.3, -0.25) is 4.79 Å². The number of ketones is 1. The SMILES string of the molecule is O=C(c1c(F)ccc(N(N2CC[C@@H](F)C2)[SH](=O)=O)c1F)c1c[nH]c2ncc(-c3ccc(C4CN(CCC5CN(C(=O)O)C5)C4)cc3)cc12. The zero-order valence-corrected chi connectivity index (χ0v) is 26.6. The lowest BCUT2D eigenvalue weighted by atomic mass is 9.89. The third kappa shape index (κ3) is 6.01. The second-order valence-electron chi connectivity index (χ2n) is 12.7. The summed E-state index contributed by atoms with van der Waals surface area (Å²) in [7, 11) is -3.46. The van der Waals surface area contributed by atoms with Crippen molar-refractivity contribution in [3.63, 3.8) is 0 Å². The van der Waals surface area contributed by atoms with Gasteiger partial charge in [-0.25, -0.2) is 36.4 Å². The highest BCUT2D eigenvalue weighted by Crippen LogP contribution is 2.34. The van der Waals surface area contributed by atoms with E-state index < -0.39 is 51.8 Å². The summed E-state index contributed by atoms with van der Waals surface area (Å²) in [6.07, 6.45) is 1.83. The summed E-state index contributed by atoms with van der Waals surface area (Å²) in [5.41, 5.74) is 1.52. The second-order valence-corrected chi connectivity index (χ2v) is 13.5. The van der Waals surface area contributed by atoms with Gasteiger partial charge in [-0.1, -0.05) is 24.3 Å². The minimum Gasteiger partial charge on any atom is -0.465 e. The lowest BCUT2D eigenvalue weighted by Gasteiger charge is -2.42. The van der Waals surface area contributed by atoms with Crippen molar-refractivity contribution in [2.45, 2.75) is 24.9 Å². The van der Waals surface area contributed by atoms with Gasteiger partial charge in [0.25, 0.3) is 0 Å². The number of aromatic amines is 1. The first-order valence-electron chi connectivity index (χ1n) is 15.7. The van der Waals surface area contributed by atoms with E-state index >= 15 is 8.78 Å². The summed E-state index contributed by atoms with van der Waals surface area (Å²) in [6.45, 7) is 3.77. The van der Waals surface area contributed by atoms with Gasteiger partial charge in [0.15, 0.2) is 5.82 Å². The average Bonchev–Trinajstić information content (AvgIpc) is 3.64. The first kappa shape index (κ1) is 32.1. The molecule has 0 unspecified atom stereocenters. The quantitative estimate of drug-likeness (QED) is 0.166. The van der Waals surface area contributed by atoms with Crippen LogP contribution >= 0.6 is 0 Å². The Morgan fingerprint density at radius 2 is 1.77 bits per heavy atom. The number of pyridine rings is 1. The van der Waals surface area contributed by atoms with E-state index in [9.17, 15) is 22.4 Å². The Hall–Kier alpha value is -4.47. The number of anilines is 1. The predicted molar refractivity (Wildman–Crippen MR) is 172 cm³/mol. The number of H-pyrrole nitrogens is 1. The predicted octanol–water partition coefficient (Wildman–Crippen LogP) is 4.43. The fourth-order valence-electron chi connectivity index (χ4n) is 6.79. The van der Waals surface area contributed by atoms with Gasteiger partial charge in [0.2, 0.25) is 16.7 Å². The number of nitrogens with zero attached hydrogens (tertiary/aromatic N) is 5. The molecule has 0 saturated carbocycles. The van der Waals surface area contributed by atoms with Crippen molar-refractivity contribution in [3.05, 3.63) is 83.2 Å². The number of fused-ring (bicyclic) bond motifs is 1. The molecule has 0 aliphatic carbocycles. The highest BCUT2D eigenvalue weighted by molar-refractivity contribution is 7.73. The second kappa shape index (κ2) is 12.9. The molecular formula is C33H33F3N6O5S. The van der Waals surface area contributed by atoms with E-state index in [0.717, 1.165) is 48.8 Å². The van der Waals surface area contributed by atoms with E-state index in [-0.39, 0.29) is 25.1 Å². The number of halogens is 3.